The molecule has 0 fully saturated rings. The first kappa shape index (κ1) is 13.1. The van der Waals surface area contributed by atoms with Crippen LogP contribution in [0.5, 0.6) is 0 Å². The summed E-state index contributed by atoms with van der Waals surface area (Å²) in [7, 11) is 0. The number of benzene rings is 1. The van der Waals surface area contributed by atoms with E-state index in [0.717, 1.165) is 10.2 Å². The quantitative estimate of drug-likeness (QED) is 0.876. The number of nitrogens with one attached hydrogen (secondary N) is 1. The second kappa shape index (κ2) is 5.55. The minimum absolute atomic E-state index is 0.200. The van der Waals surface area contributed by atoms with Crippen molar-refractivity contribution in [3.8, 4) is 6.07 Å². The molecule has 0 spiro atoms. The lowest BCUT2D eigenvalue weighted by Crippen LogP contribution is -2.07. The van der Waals surface area contributed by atoms with Crippen molar-refractivity contribution in [2.75, 3.05) is 5.32 Å². The van der Waals surface area contributed by atoms with E-state index in [9.17, 15) is 0 Å². The van der Waals surface area contributed by atoms with Crippen LogP contribution in [0.2, 0.25) is 0 Å². The van der Waals surface area contributed by atoms with Crippen molar-refractivity contribution in [1.82, 2.24) is 0 Å². The summed E-state index contributed by atoms with van der Waals surface area (Å²) < 4.78 is 0.971. The zero-order chi connectivity index (χ0) is 13.1. The van der Waals surface area contributed by atoms with Gasteiger partial charge in [-0.2, -0.15) is 5.26 Å². The van der Waals surface area contributed by atoms with Crippen LogP contribution in [0, 0.1) is 18.3 Å². The number of halogens is 1. The first-order valence-corrected chi connectivity index (χ1v) is 7.29. The molecule has 2 rings (SSSR count). The molecule has 2 nitrogen and oxygen atoms in total. The van der Waals surface area contributed by atoms with E-state index in [4.69, 9.17) is 5.26 Å². The number of anilines is 1. The second-order valence-corrected chi connectivity index (χ2v) is 6.00. The summed E-state index contributed by atoms with van der Waals surface area (Å²) in [4.78, 5) is 1.30. The van der Waals surface area contributed by atoms with Crippen molar-refractivity contribution in [3.63, 3.8) is 0 Å². The van der Waals surface area contributed by atoms with Crippen molar-refractivity contribution >= 4 is 33.0 Å². The Bertz CT molecular complexity index is 598. The third kappa shape index (κ3) is 2.74. The minimum Gasteiger partial charge on any atom is -0.377 e. The normalized spacial score (nSPS) is 11.9. The molecule has 4 heteroatoms. The van der Waals surface area contributed by atoms with Crippen molar-refractivity contribution in [2.24, 2.45) is 0 Å². The molecule has 0 amide bonds. The molecule has 0 aliphatic carbocycles. The maximum absolute atomic E-state index is 9.10. The molecular weight excluding hydrogens is 308 g/mol. The van der Waals surface area contributed by atoms with E-state index in [1.165, 1.54) is 10.4 Å². The molecule has 0 saturated carbocycles. The summed E-state index contributed by atoms with van der Waals surface area (Å²) in [6, 6.07) is 10.2. The molecule has 1 aromatic heterocycles. The fraction of sp³-hybridized carbons (Fsp3) is 0.214. The predicted octanol–water partition coefficient (Wildman–Crippen LogP) is 4.86. The second-order valence-electron chi connectivity index (χ2n) is 4.14. The average molecular weight is 321 g/mol. The maximum atomic E-state index is 9.10. The Labute approximate surface area is 119 Å². The Morgan fingerprint density at radius 2 is 2.17 bits per heavy atom. The number of hydrogen-bond donors (Lipinski definition) is 1. The topological polar surface area (TPSA) is 35.8 Å². The van der Waals surface area contributed by atoms with Gasteiger partial charge in [0.25, 0.3) is 0 Å². The van der Waals surface area contributed by atoms with E-state index >= 15 is 0 Å². The third-order valence-corrected chi connectivity index (χ3v) is 4.46. The molecule has 0 aliphatic heterocycles. The number of hydrogen-bond acceptors (Lipinski definition) is 3. The highest BCUT2D eigenvalue weighted by Gasteiger charge is 2.12. The Kier molecular flexibility index (Phi) is 4.05. The Hall–Kier alpha value is -1.31. The number of nitriles is 1. The van der Waals surface area contributed by atoms with Crippen molar-refractivity contribution in [1.29, 1.82) is 5.26 Å². The molecule has 0 bridgehead atoms. The van der Waals surface area contributed by atoms with Crippen LogP contribution in [0.3, 0.4) is 0 Å². The van der Waals surface area contributed by atoms with Gasteiger partial charge in [-0.15, -0.1) is 11.3 Å². The highest BCUT2D eigenvalue weighted by molar-refractivity contribution is 9.10. The van der Waals surface area contributed by atoms with Gasteiger partial charge in [0, 0.05) is 9.35 Å². The molecule has 0 radical (unpaired) electrons. The van der Waals surface area contributed by atoms with Crippen LogP contribution >= 0.6 is 27.3 Å². The Balaban J connectivity index is 2.27. The first-order valence-electron chi connectivity index (χ1n) is 5.62. The van der Waals surface area contributed by atoms with Gasteiger partial charge in [0.2, 0.25) is 0 Å². The summed E-state index contributed by atoms with van der Waals surface area (Å²) in [6.07, 6.45) is 0. The minimum atomic E-state index is 0.200. The highest BCUT2D eigenvalue weighted by atomic mass is 79.9. The number of nitrogens with zero attached hydrogens (tertiary/aromatic N) is 1. The summed E-state index contributed by atoms with van der Waals surface area (Å²) in [5.74, 6) is 0. The van der Waals surface area contributed by atoms with Crippen LogP contribution in [0.4, 0.5) is 5.69 Å². The van der Waals surface area contributed by atoms with Crippen LogP contribution in [-0.4, -0.2) is 0 Å². The van der Waals surface area contributed by atoms with Crippen LogP contribution in [0.1, 0.15) is 29.0 Å². The largest absolute Gasteiger partial charge is 0.377 e. The SMILES string of the molecule is Cc1ccsc1C(C)Nc1cc(Br)ccc1C#N. The van der Waals surface area contributed by atoms with Gasteiger partial charge < -0.3 is 5.32 Å². The molecule has 0 saturated heterocycles. The standard InChI is InChI=1S/C14H13BrN2S/c1-9-5-6-18-14(9)10(2)17-13-7-12(15)4-3-11(13)8-16/h3-7,10,17H,1-2H3. The molecule has 1 heterocycles. The van der Waals surface area contributed by atoms with Gasteiger partial charge in [0.05, 0.1) is 17.3 Å². The van der Waals surface area contributed by atoms with Gasteiger partial charge in [-0.3, -0.25) is 0 Å². The number of aryl methyl sites for hydroxylation is 1. The Morgan fingerprint density at radius 3 is 2.78 bits per heavy atom. The predicted molar refractivity (Wildman–Crippen MR) is 80.0 cm³/mol. The molecule has 18 heavy (non-hydrogen) atoms. The van der Waals surface area contributed by atoms with E-state index in [1.54, 1.807) is 11.3 Å². The zero-order valence-electron chi connectivity index (χ0n) is 10.2. The first-order chi connectivity index (χ1) is 8.61. The lowest BCUT2D eigenvalue weighted by molar-refractivity contribution is 0.898. The molecule has 1 atom stereocenters. The maximum Gasteiger partial charge on any atom is 0.101 e. The van der Waals surface area contributed by atoms with Crippen molar-refractivity contribution < 1.29 is 0 Å². The van der Waals surface area contributed by atoms with E-state index < -0.39 is 0 Å². The summed E-state index contributed by atoms with van der Waals surface area (Å²) >= 11 is 5.17. The molecule has 1 N–H and O–H groups in total. The van der Waals surface area contributed by atoms with Gasteiger partial charge in [-0.25, -0.2) is 0 Å². The average Bonchev–Trinajstić information content (AvgIpc) is 2.76. The van der Waals surface area contributed by atoms with Crippen LogP contribution < -0.4 is 5.32 Å². The molecule has 1 aromatic carbocycles. The molecule has 92 valence electrons. The van der Waals surface area contributed by atoms with Gasteiger partial charge in [-0.1, -0.05) is 15.9 Å². The fourth-order valence-electron chi connectivity index (χ4n) is 1.86. The van der Waals surface area contributed by atoms with Crippen LogP contribution in [-0.2, 0) is 0 Å². The van der Waals surface area contributed by atoms with Gasteiger partial charge in [0.1, 0.15) is 6.07 Å². The summed E-state index contributed by atoms with van der Waals surface area (Å²) in [5, 5.41) is 14.6. The van der Waals surface area contributed by atoms with Crippen molar-refractivity contribution in [2.45, 2.75) is 19.9 Å². The van der Waals surface area contributed by atoms with Gasteiger partial charge in [0.15, 0.2) is 0 Å². The highest BCUT2D eigenvalue weighted by Crippen LogP contribution is 2.29. The fourth-order valence-corrected chi connectivity index (χ4v) is 3.16. The van der Waals surface area contributed by atoms with Crippen LogP contribution in [0.15, 0.2) is 34.1 Å². The molecule has 1 unspecified atom stereocenters. The third-order valence-electron chi connectivity index (χ3n) is 2.77. The lowest BCUT2D eigenvalue weighted by atomic mass is 10.1. The molecule has 2 aromatic rings. The van der Waals surface area contributed by atoms with E-state index in [-0.39, 0.29) is 6.04 Å². The van der Waals surface area contributed by atoms with E-state index in [0.29, 0.717) is 5.56 Å². The molecular formula is C14H13BrN2S. The van der Waals surface area contributed by atoms with E-state index in [2.05, 4.69) is 52.6 Å². The zero-order valence-corrected chi connectivity index (χ0v) is 12.6. The summed E-state index contributed by atoms with van der Waals surface area (Å²) in [6.45, 7) is 4.22. The van der Waals surface area contributed by atoms with Gasteiger partial charge >= 0.3 is 0 Å². The lowest BCUT2D eigenvalue weighted by Gasteiger charge is -2.16. The van der Waals surface area contributed by atoms with Gasteiger partial charge in [-0.05, 0) is 49.1 Å². The smallest absolute Gasteiger partial charge is 0.101 e. The molecule has 0 aliphatic rings. The van der Waals surface area contributed by atoms with E-state index in [1.807, 2.05) is 18.2 Å². The summed E-state index contributed by atoms with van der Waals surface area (Å²) in [5.41, 5.74) is 2.82. The van der Waals surface area contributed by atoms with Crippen LogP contribution in [0.25, 0.3) is 0 Å². The number of rotatable bonds is 3. The Morgan fingerprint density at radius 1 is 1.39 bits per heavy atom. The monoisotopic (exact) mass is 320 g/mol. The van der Waals surface area contributed by atoms with Crippen molar-refractivity contribution in [3.05, 3.63) is 50.1 Å². The number of thiophene rings is 1.